The number of nitrogens with zero attached hydrogens (tertiary/aromatic N) is 3. The summed E-state index contributed by atoms with van der Waals surface area (Å²) >= 11 is 0. The molecule has 28 heavy (non-hydrogen) atoms. The molecule has 3 rings (SSSR count). The Hall–Kier alpha value is -3.23. The van der Waals surface area contributed by atoms with E-state index in [2.05, 4.69) is 10.4 Å². The fourth-order valence-corrected chi connectivity index (χ4v) is 3.25. The first kappa shape index (κ1) is 19.5. The number of amides is 2. The second-order valence-corrected chi connectivity index (χ2v) is 6.29. The number of urea groups is 1. The van der Waals surface area contributed by atoms with Crippen LogP contribution in [0.5, 0.6) is 11.5 Å². The molecule has 0 atom stereocenters. The summed E-state index contributed by atoms with van der Waals surface area (Å²) in [6, 6.07) is 4.89. The number of ether oxygens (including phenoxy) is 3. The van der Waals surface area contributed by atoms with Gasteiger partial charge in [0.15, 0.2) is 17.2 Å². The van der Waals surface area contributed by atoms with Gasteiger partial charge in [0.05, 0.1) is 33.1 Å². The molecule has 2 heterocycles. The lowest BCUT2D eigenvalue weighted by atomic mass is 10.1. The van der Waals surface area contributed by atoms with E-state index in [0.717, 1.165) is 11.3 Å². The number of hydrogen-bond donors (Lipinski definition) is 1. The molecule has 150 valence electrons. The summed E-state index contributed by atoms with van der Waals surface area (Å²) < 4.78 is 17.1. The zero-order chi connectivity index (χ0) is 20.3. The van der Waals surface area contributed by atoms with E-state index in [9.17, 15) is 9.59 Å². The van der Waals surface area contributed by atoms with Crippen LogP contribution in [0.3, 0.4) is 0 Å². The van der Waals surface area contributed by atoms with Crippen LogP contribution >= 0.6 is 0 Å². The maximum atomic E-state index is 12.7. The Kier molecular flexibility index (Phi) is 5.72. The van der Waals surface area contributed by atoms with Crippen LogP contribution in [0.4, 0.5) is 10.5 Å². The Morgan fingerprint density at radius 3 is 2.64 bits per heavy atom. The van der Waals surface area contributed by atoms with Crippen molar-refractivity contribution in [2.45, 2.75) is 19.9 Å². The minimum absolute atomic E-state index is 0.267. The number of carbonyl (C=O) groups is 2. The standard InChI is InChI=1S/C19H24N4O5/c1-5-28-18(24)17-13-11-23(9-8-14(13)21-22(17)2)19(25)20-12-6-7-15(26-3)16(10-12)27-4/h6-7,10H,5,8-9,11H2,1-4H3,(H,20,25). The molecule has 1 aliphatic heterocycles. The van der Waals surface area contributed by atoms with Gasteiger partial charge in [0.25, 0.3) is 0 Å². The first-order chi connectivity index (χ1) is 13.5. The highest BCUT2D eigenvalue weighted by Crippen LogP contribution is 2.30. The average Bonchev–Trinajstić information content (AvgIpc) is 3.02. The van der Waals surface area contributed by atoms with Crippen LogP contribution in [0, 0.1) is 0 Å². The van der Waals surface area contributed by atoms with Crippen molar-refractivity contribution in [2.24, 2.45) is 7.05 Å². The maximum absolute atomic E-state index is 12.7. The monoisotopic (exact) mass is 388 g/mol. The number of methoxy groups -OCH3 is 2. The molecule has 0 unspecified atom stereocenters. The number of benzene rings is 1. The number of fused-ring (bicyclic) bond motifs is 1. The average molecular weight is 388 g/mol. The first-order valence-corrected chi connectivity index (χ1v) is 8.98. The van der Waals surface area contributed by atoms with Gasteiger partial charge in [0, 0.05) is 37.3 Å². The van der Waals surface area contributed by atoms with Crippen LogP contribution in [0.2, 0.25) is 0 Å². The van der Waals surface area contributed by atoms with E-state index in [1.54, 1.807) is 44.2 Å². The van der Waals surface area contributed by atoms with Crippen LogP contribution < -0.4 is 14.8 Å². The molecule has 9 heteroatoms. The van der Waals surface area contributed by atoms with Crippen LogP contribution in [-0.4, -0.2) is 54.1 Å². The van der Waals surface area contributed by atoms with E-state index in [0.29, 0.717) is 35.8 Å². The lowest BCUT2D eigenvalue weighted by Crippen LogP contribution is -2.39. The summed E-state index contributed by atoms with van der Waals surface area (Å²) in [5.41, 5.74) is 2.53. The molecule has 1 aromatic heterocycles. The molecule has 9 nitrogen and oxygen atoms in total. The Labute approximate surface area is 163 Å². The summed E-state index contributed by atoms with van der Waals surface area (Å²) in [6.45, 7) is 2.83. The molecule has 2 amide bonds. The van der Waals surface area contributed by atoms with Crippen molar-refractivity contribution in [1.82, 2.24) is 14.7 Å². The number of rotatable bonds is 5. The molecule has 0 spiro atoms. The van der Waals surface area contributed by atoms with Gasteiger partial charge < -0.3 is 24.4 Å². The summed E-state index contributed by atoms with van der Waals surface area (Å²) in [7, 11) is 4.80. The Balaban J connectivity index is 1.76. The molecule has 1 aromatic carbocycles. The van der Waals surface area contributed by atoms with Crippen LogP contribution in [0.15, 0.2) is 18.2 Å². The van der Waals surface area contributed by atoms with Crippen molar-refractivity contribution in [2.75, 3.05) is 32.7 Å². The molecule has 1 N–H and O–H groups in total. The van der Waals surface area contributed by atoms with Gasteiger partial charge in [0.2, 0.25) is 0 Å². The number of esters is 1. The molecule has 1 aliphatic rings. The van der Waals surface area contributed by atoms with Gasteiger partial charge >= 0.3 is 12.0 Å². The molecular weight excluding hydrogens is 364 g/mol. The van der Waals surface area contributed by atoms with Gasteiger partial charge in [0.1, 0.15) is 0 Å². The predicted molar refractivity (Wildman–Crippen MR) is 102 cm³/mol. The van der Waals surface area contributed by atoms with E-state index >= 15 is 0 Å². The fourth-order valence-electron chi connectivity index (χ4n) is 3.25. The highest BCUT2D eigenvalue weighted by Gasteiger charge is 2.30. The third kappa shape index (κ3) is 3.73. The molecular formula is C19H24N4O5. The lowest BCUT2D eigenvalue weighted by molar-refractivity contribution is 0.0511. The topological polar surface area (TPSA) is 94.9 Å². The maximum Gasteiger partial charge on any atom is 0.356 e. The molecule has 0 bridgehead atoms. The number of aryl methyl sites for hydroxylation is 1. The van der Waals surface area contributed by atoms with Gasteiger partial charge in [-0.3, -0.25) is 4.68 Å². The molecule has 2 aromatic rings. The second-order valence-electron chi connectivity index (χ2n) is 6.29. The van der Waals surface area contributed by atoms with E-state index in [4.69, 9.17) is 14.2 Å². The largest absolute Gasteiger partial charge is 0.493 e. The molecule has 0 saturated heterocycles. The molecule has 0 radical (unpaired) electrons. The summed E-state index contributed by atoms with van der Waals surface area (Å²) in [5, 5.41) is 7.26. The number of aromatic nitrogens is 2. The summed E-state index contributed by atoms with van der Waals surface area (Å²) in [5.74, 6) is 0.677. The van der Waals surface area contributed by atoms with Crippen LogP contribution in [0.25, 0.3) is 0 Å². The van der Waals surface area contributed by atoms with Gasteiger partial charge in [-0.2, -0.15) is 5.10 Å². The molecule has 0 fully saturated rings. The number of hydrogen-bond acceptors (Lipinski definition) is 6. The van der Waals surface area contributed by atoms with Crippen molar-refractivity contribution in [1.29, 1.82) is 0 Å². The van der Waals surface area contributed by atoms with E-state index in [1.165, 1.54) is 11.8 Å². The van der Waals surface area contributed by atoms with E-state index in [-0.39, 0.29) is 19.2 Å². The Morgan fingerprint density at radius 2 is 1.96 bits per heavy atom. The SMILES string of the molecule is CCOC(=O)c1c2c(nn1C)CCN(C(=O)Nc1ccc(OC)c(OC)c1)C2. The minimum atomic E-state index is -0.430. The number of carbonyl (C=O) groups excluding carboxylic acids is 2. The summed E-state index contributed by atoms with van der Waals surface area (Å²) in [4.78, 5) is 26.7. The quantitative estimate of drug-likeness (QED) is 0.789. The van der Waals surface area contributed by atoms with Gasteiger partial charge in [-0.15, -0.1) is 0 Å². The highest BCUT2D eigenvalue weighted by molar-refractivity contribution is 5.92. The minimum Gasteiger partial charge on any atom is -0.493 e. The second kappa shape index (κ2) is 8.20. The zero-order valence-corrected chi connectivity index (χ0v) is 16.4. The third-order valence-corrected chi connectivity index (χ3v) is 4.59. The van der Waals surface area contributed by atoms with Crippen LogP contribution in [0.1, 0.15) is 28.7 Å². The number of nitrogens with one attached hydrogen (secondary N) is 1. The lowest BCUT2D eigenvalue weighted by Gasteiger charge is -2.27. The van der Waals surface area contributed by atoms with Gasteiger partial charge in [-0.1, -0.05) is 0 Å². The Morgan fingerprint density at radius 1 is 1.21 bits per heavy atom. The third-order valence-electron chi connectivity index (χ3n) is 4.59. The predicted octanol–water partition coefficient (Wildman–Crippen LogP) is 2.20. The van der Waals surface area contributed by atoms with E-state index in [1.807, 2.05) is 0 Å². The first-order valence-electron chi connectivity index (χ1n) is 8.98. The molecule has 0 saturated carbocycles. The van der Waals surface area contributed by atoms with Gasteiger partial charge in [-0.05, 0) is 19.1 Å². The van der Waals surface area contributed by atoms with Gasteiger partial charge in [-0.25, -0.2) is 9.59 Å². The fraction of sp³-hybridized carbons (Fsp3) is 0.421. The smallest absolute Gasteiger partial charge is 0.356 e. The van der Waals surface area contributed by atoms with Crippen molar-refractivity contribution < 1.29 is 23.8 Å². The molecule has 0 aliphatic carbocycles. The van der Waals surface area contributed by atoms with Crippen molar-refractivity contribution in [3.63, 3.8) is 0 Å². The van der Waals surface area contributed by atoms with Crippen molar-refractivity contribution in [3.05, 3.63) is 35.2 Å². The highest BCUT2D eigenvalue weighted by atomic mass is 16.5. The van der Waals surface area contributed by atoms with Crippen molar-refractivity contribution >= 4 is 17.7 Å². The van der Waals surface area contributed by atoms with E-state index < -0.39 is 5.97 Å². The Bertz CT molecular complexity index is 893. The summed E-state index contributed by atoms with van der Waals surface area (Å²) in [6.07, 6.45) is 0.571. The van der Waals surface area contributed by atoms with Crippen molar-refractivity contribution in [3.8, 4) is 11.5 Å². The zero-order valence-electron chi connectivity index (χ0n) is 16.4. The normalized spacial score (nSPS) is 12.9. The van der Waals surface area contributed by atoms with Crippen LogP contribution in [-0.2, 0) is 24.8 Å². The number of anilines is 1.